The molecule has 0 radical (unpaired) electrons. The topological polar surface area (TPSA) is 52.6 Å². The zero-order chi connectivity index (χ0) is 19.9. The number of aromatic hydroxyl groups is 1. The number of carbonyl (C=O) groups excluding carboxylic acids is 1. The van der Waals surface area contributed by atoms with Gasteiger partial charge < -0.3 is 10.4 Å². The molecule has 2 fully saturated rings. The van der Waals surface area contributed by atoms with Crippen LogP contribution < -0.4 is 5.32 Å². The molecule has 28 heavy (non-hydrogen) atoms. The van der Waals surface area contributed by atoms with Gasteiger partial charge in [0.25, 0.3) is 0 Å². The van der Waals surface area contributed by atoms with Gasteiger partial charge in [-0.15, -0.1) is 0 Å². The third-order valence-corrected chi connectivity index (χ3v) is 6.52. The summed E-state index contributed by atoms with van der Waals surface area (Å²) in [6.45, 7) is 6.68. The minimum Gasteiger partial charge on any atom is -0.508 e. The van der Waals surface area contributed by atoms with Gasteiger partial charge in [-0.3, -0.25) is 9.69 Å². The van der Waals surface area contributed by atoms with Crippen molar-refractivity contribution in [1.29, 1.82) is 0 Å². The Morgan fingerprint density at radius 1 is 1.18 bits per heavy atom. The molecule has 0 bridgehead atoms. The number of hydrogen-bond acceptors (Lipinski definition) is 3. The van der Waals surface area contributed by atoms with Gasteiger partial charge in [0.2, 0.25) is 5.91 Å². The number of carbonyl (C=O) groups is 1. The Morgan fingerprint density at radius 3 is 2.54 bits per heavy atom. The average Bonchev–Trinajstić information content (AvgIpc) is 3.33. The minimum absolute atomic E-state index is 0.120. The highest BCUT2D eigenvalue weighted by atomic mass is 35.5. The number of rotatable bonds is 4. The number of phenols is 1. The van der Waals surface area contributed by atoms with E-state index in [0.717, 1.165) is 43.6 Å². The van der Waals surface area contributed by atoms with Gasteiger partial charge in [0.1, 0.15) is 5.75 Å². The van der Waals surface area contributed by atoms with Crippen LogP contribution in [-0.4, -0.2) is 29.0 Å². The SMILES string of the molecule is Cc1cc(C)cc(NC(=O)[C@@H]2CC23CCN(Cc2cc(Cl)ccc2O)CC3)c1. The van der Waals surface area contributed by atoms with Gasteiger partial charge in [-0.1, -0.05) is 17.7 Å². The second kappa shape index (κ2) is 7.41. The molecule has 1 saturated heterocycles. The third-order valence-electron chi connectivity index (χ3n) is 6.28. The van der Waals surface area contributed by atoms with Crippen LogP contribution in [0.3, 0.4) is 0 Å². The first-order chi connectivity index (χ1) is 13.3. The van der Waals surface area contributed by atoms with Crippen LogP contribution in [0, 0.1) is 25.2 Å². The summed E-state index contributed by atoms with van der Waals surface area (Å²) in [5, 5.41) is 13.8. The number of aryl methyl sites for hydroxylation is 2. The Kier molecular flexibility index (Phi) is 5.11. The van der Waals surface area contributed by atoms with E-state index in [1.54, 1.807) is 12.1 Å². The fourth-order valence-corrected chi connectivity index (χ4v) is 4.82. The summed E-state index contributed by atoms with van der Waals surface area (Å²) >= 11 is 6.06. The molecule has 0 unspecified atom stereocenters. The zero-order valence-corrected chi connectivity index (χ0v) is 17.2. The first kappa shape index (κ1) is 19.3. The Balaban J connectivity index is 1.33. The molecule has 1 heterocycles. The number of piperidine rings is 1. The number of hydrogen-bond donors (Lipinski definition) is 2. The Labute approximate surface area is 171 Å². The van der Waals surface area contributed by atoms with E-state index in [2.05, 4.69) is 30.1 Å². The molecule has 2 aliphatic rings. The smallest absolute Gasteiger partial charge is 0.228 e. The summed E-state index contributed by atoms with van der Waals surface area (Å²) < 4.78 is 0. The molecule has 5 heteroatoms. The molecular formula is C23H27ClN2O2. The molecule has 2 N–H and O–H groups in total. The molecule has 2 aromatic rings. The maximum Gasteiger partial charge on any atom is 0.228 e. The van der Waals surface area contributed by atoms with Crippen molar-refractivity contribution in [3.8, 4) is 5.75 Å². The monoisotopic (exact) mass is 398 g/mol. The predicted molar refractivity (Wildman–Crippen MR) is 113 cm³/mol. The summed E-state index contributed by atoms with van der Waals surface area (Å²) in [4.78, 5) is 15.1. The van der Waals surface area contributed by atoms with Gasteiger partial charge in [-0.25, -0.2) is 0 Å². The summed E-state index contributed by atoms with van der Waals surface area (Å²) in [6, 6.07) is 11.4. The van der Waals surface area contributed by atoms with Crippen molar-refractivity contribution in [2.75, 3.05) is 18.4 Å². The second-order valence-corrected chi connectivity index (χ2v) is 8.97. The number of nitrogens with one attached hydrogen (secondary N) is 1. The van der Waals surface area contributed by atoms with Crippen molar-refractivity contribution in [2.24, 2.45) is 11.3 Å². The van der Waals surface area contributed by atoms with Crippen LogP contribution in [0.25, 0.3) is 0 Å². The van der Waals surface area contributed by atoms with Crippen molar-refractivity contribution >= 4 is 23.2 Å². The van der Waals surface area contributed by atoms with Crippen molar-refractivity contribution < 1.29 is 9.90 Å². The number of benzene rings is 2. The van der Waals surface area contributed by atoms with Gasteiger partial charge >= 0.3 is 0 Å². The lowest BCUT2D eigenvalue weighted by Gasteiger charge is -2.33. The number of amides is 1. The lowest BCUT2D eigenvalue weighted by atomic mass is 9.90. The van der Waals surface area contributed by atoms with Gasteiger partial charge in [0.05, 0.1) is 0 Å². The zero-order valence-electron chi connectivity index (χ0n) is 16.5. The van der Waals surface area contributed by atoms with Crippen molar-refractivity contribution in [3.05, 3.63) is 58.1 Å². The van der Waals surface area contributed by atoms with Crippen LogP contribution >= 0.6 is 11.6 Å². The van der Waals surface area contributed by atoms with Crippen molar-refractivity contribution in [3.63, 3.8) is 0 Å². The molecule has 1 aliphatic carbocycles. The molecule has 4 rings (SSSR count). The Hall–Kier alpha value is -2.04. The molecule has 1 amide bonds. The van der Waals surface area contributed by atoms with Crippen LogP contribution in [0.15, 0.2) is 36.4 Å². The largest absolute Gasteiger partial charge is 0.508 e. The molecule has 1 spiro atoms. The van der Waals surface area contributed by atoms with E-state index >= 15 is 0 Å². The fourth-order valence-electron chi connectivity index (χ4n) is 4.63. The number of nitrogens with zero attached hydrogens (tertiary/aromatic N) is 1. The highest BCUT2D eigenvalue weighted by Gasteiger charge is 2.58. The molecule has 2 aromatic carbocycles. The summed E-state index contributed by atoms with van der Waals surface area (Å²) in [5.74, 6) is 0.572. The van der Waals surface area contributed by atoms with Crippen LogP contribution in [0.5, 0.6) is 5.75 Å². The van der Waals surface area contributed by atoms with E-state index in [-0.39, 0.29) is 17.2 Å². The van der Waals surface area contributed by atoms with Gasteiger partial charge in [-0.05, 0) is 93.1 Å². The molecule has 1 saturated carbocycles. The average molecular weight is 399 g/mol. The van der Waals surface area contributed by atoms with Gasteiger partial charge in [-0.2, -0.15) is 0 Å². The number of likely N-dealkylation sites (tertiary alicyclic amines) is 1. The first-order valence-corrected chi connectivity index (χ1v) is 10.3. The number of halogens is 1. The molecule has 1 aliphatic heterocycles. The standard InChI is InChI=1S/C23H27ClN2O2/c1-15-9-16(2)11-19(10-15)25-22(28)20-13-23(20)5-7-26(8-6-23)14-17-12-18(24)3-4-21(17)27/h3-4,9-12,20,27H,5-8,13-14H2,1-2H3,(H,25,28)/t20-/m0/s1. The second-order valence-electron chi connectivity index (χ2n) is 8.53. The first-order valence-electron chi connectivity index (χ1n) is 9.94. The predicted octanol–water partition coefficient (Wildman–Crippen LogP) is 4.90. The molecule has 148 valence electrons. The van der Waals surface area contributed by atoms with Crippen LogP contribution in [-0.2, 0) is 11.3 Å². The van der Waals surface area contributed by atoms with Gasteiger partial charge in [0, 0.05) is 28.7 Å². The lowest BCUT2D eigenvalue weighted by Crippen LogP contribution is -2.35. The van der Waals surface area contributed by atoms with E-state index in [1.165, 1.54) is 11.1 Å². The summed E-state index contributed by atoms with van der Waals surface area (Å²) in [7, 11) is 0. The minimum atomic E-state index is 0.120. The van der Waals surface area contributed by atoms with E-state index in [1.807, 2.05) is 18.2 Å². The van der Waals surface area contributed by atoms with Crippen LogP contribution in [0.2, 0.25) is 5.02 Å². The molecular weight excluding hydrogens is 372 g/mol. The Morgan fingerprint density at radius 2 is 1.86 bits per heavy atom. The quantitative estimate of drug-likeness (QED) is 0.769. The van der Waals surface area contributed by atoms with E-state index in [0.29, 0.717) is 17.3 Å². The van der Waals surface area contributed by atoms with E-state index in [4.69, 9.17) is 11.6 Å². The van der Waals surface area contributed by atoms with Crippen molar-refractivity contribution in [2.45, 2.75) is 39.7 Å². The fraction of sp³-hybridized carbons (Fsp3) is 0.435. The number of anilines is 1. The van der Waals surface area contributed by atoms with Crippen LogP contribution in [0.4, 0.5) is 5.69 Å². The Bertz CT molecular complexity index is 883. The normalized spacial score (nSPS) is 20.9. The van der Waals surface area contributed by atoms with E-state index < -0.39 is 0 Å². The highest BCUT2D eigenvalue weighted by Crippen LogP contribution is 2.59. The van der Waals surface area contributed by atoms with Gasteiger partial charge in [0.15, 0.2) is 0 Å². The third kappa shape index (κ3) is 4.03. The summed E-state index contributed by atoms with van der Waals surface area (Å²) in [6.07, 6.45) is 3.04. The summed E-state index contributed by atoms with van der Waals surface area (Å²) in [5.41, 5.74) is 4.26. The molecule has 4 nitrogen and oxygen atoms in total. The highest BCUT2D eigenvalue weighted by molar-refractivity contribution is 6.30. The van der Waals surface area contributed by atoms with Crippen molar-refractivity contribution in [1.82, 2.24) is 4.90 Å². The maximum atomic E-state index is 12.8. The van der Waals surface area contributed by atoms with E-state index in [9.17, 15) is 9.90 Å². The maximum absolute atomic E-state index is 12.8. The van der Waals surface area contributed by atoms with Crippen LogP contribution in [0.1, 0.15) is 36.0 Å². The molecule has 1 atom stereocenters. The number of phenolic OH excluding ortho intramolecular Hbond substituents is 1. The molecule has 0 aromatic heterocycles. The lowest BCUT2D eigenvalue weighted by molar-refractivity contribution is -0.118.